The van der Waals surface area contributed by atoms with Gasteiger partial charge in [0.2, 0.25) is 10.0 Å². The Morgan fingerprint density at radius 2 is 1.79 bits per heavy atom. The Morgan fingerprint density at radius 3 is 2.44 bits per heavy atom. The smallest absolute Gasteiger partial charge is 0.416 e. The molecule has 0 saturated heterocycles. The van der Waals surface area contributed by atoms with E-state index >= 15 is 0 Å². The van der Waals surface area contributed by atoms with Gasteiger partial charge in [-0.2, -0.15) is 17.9 Å². The second kappa shape index (κ2) is 10.7. The van der Waals surface area contributed by atoms with Crippen molar-refractivity contribution in [3.8, 4) is 17.1 Å². The van der Waals surface area contributed by atoms with Crippen LogP contribution in [0.2, 0.25) is 5.02 Å². The maximum absolute atomic E-state index is 13.5. The summed E-state index contributed by atoms with van der Waals surface area (Å²) in [6.45, 7) is 0.837. The number of sulfonamides is 1. The van der Waals surface area contributed by atoms with Crippen LogP contribution in [0.3, 0.4) is 0 Å². The van der Waals surface area contributed by atoms with Crippen LogP contribution in [-0.2, 0) is 21.0 Å². The Morgan fingerprint density at radius 1 is 1.10 bits per heavy atom. The summed E-state index contributed by atoms with van der Waals surface area (Å²) in [5, 5.41) is 9.82. The lowest BCUT2D eigenvalue weighted by molar-refractivity contribution is -0.140. The number of benzene rings is 3. The van der Waals surface area contributed by atoms with Crippen molar-refractivity contribution >= 4 is 38.6 Å². The van der Waals surface area contributed by atoms with E-state index in [1.54, 1.807) is 6.92 Å². The zero-order chi connectivity index (χ0) is 28.5. The number of rotatable bonds is 8. The van der Waals surface area contributed by atoms with Gasteiger partial charge in [0.1, 0.15) is 18.1 Å². The molecule has 0 spiro atoms. The van der Waals surface area contributed by atoms with Gasteiger partial charge in [0.25, 0.3) is 0 Å². The molecule has 39 heavy (non-hydrogen) atoms. The van der Waals surface area contributed by atoms with Crippen LogP contribution < -0.4 is 14.9 Å². The fraction of sp³-hybridized carbons (Fsp3) is 0.154. The molecule has 0 aliphatic heterocycles. The van der Waals surface area contributed by atoms with Crippen molar-refractivity contribution in [2.45, 2.75) is 24.0 Å². The highest BCUT2D eigenvalue weighted by Crippen LogP contribution is 2.38. The molecule has 3 aromatic carbocycles. The van der Waals surface area contributed by atoms with Crippen molar-refractivity contribution < 1.29 is 40.6 Å². The standard InChI is InChI=1S/C26H19ClF3NO7S/c1-14-5-8-16(9-6-14)39(35,36)31-20(25(33)34)13-37-22-11-15(26(28,29)30)7-10-18(22)23-12-21(32)17-3-2-4-19(27)24(17)38-23/h2-12,20,31H,13H2,1H3,(H,33,34)/t20-/m0/s1. The molecule has 204 valence electrons. The summed E-state index contributed by atoms with van der Waals surface area (Å²) >= 11 is 6.13. The molecule has 0 bridgehead atoms. The van der Waals surface area contributed by atoms with Crippen molar-refractivity contribution in [3.05, 3.63) is 93.1 Å². The number of fused-ring (bicyclic) bond motifs is 1. The highest BCUT2D eigenvalue weighted by atomic mass is 35.5. The van der Waals surface area contributed by atoms with Gasteiger partial charge >= 0.3 is 12.1 Å². The van der Waals surface area contributed by atoms with Crippen molar-refractivity contribution in [2.24, 2.45) is 0 Å². The number of alkyl halides is 3. The summed E-state index contributed by atoms with van der Waals surface area (Å²) in [6.07, 6.45) is -4.79. The summed E-state index contributed by atoms with van der Waals surface area (Å²) in [5.41, 5.74) is -1.02. The first-order valence-corrected chi connectivity index (χ1v) is 13.0. The number of ether oxygens (including phenoxy) is 1. The van der Waals surface area contributed by atoms with Gasteiger partial charge in [-0.1, -0.05) is 35.4 Å². The predicted molar refractivity (Wildman–Crippen MR) is 136 cm³/mol. The van der Waals surface area contributed by atoms with E-state index in [2.05, 4.69) is 0 Å². The summed E-state index contributed by atoms with van der Waals surface area (Å²) in [4.78, 5) is 24.3. The molecule has 0 unspecified atom stereocenters. The highest BCUT2D eigenvalue weighted by molar-refractivity contribution is 7.89. The minimum atomic E-state index is -4.79. The molecule has 0 saturated carbocycles. The van der Waals surface area contributed by atoms with E-state index in [0.717, 1.165) is 23.8 Å². The zero-order valence-electron chi connectivity index (χ0n) is 20.0. The monoisotopic (exact) mass is 581 g/mol. The van der Waals surface area contributed by atoms with Gasteiger partial charge in [-0.05, 0) is 49.4 Å². The van der Waals surface area contributed by atoms with E-state index in [1.807, 2.05) is 4.72 Å². The second-order valence-electron chi connectivity index (χ2n) is 8.44. The fourth-order valence-electron chi connectivity index (χ4n) is 3.60. The van der Waals surface area contributed by atoms with E-state index in [1.165, 1.54) is 42.5 Å². The van der Waals surface area contributed by atoms with E-state index in [0.29, 0.717) is 6.07 Å². The Kier molecular flexibility index (Phi) is 7.73. The van der Waals surface area contributed by atoms with Gasteiger partial charge in [0.05, 0.1) is 26.4 Å². The summed E-state index contributed by atoms with van der Waals surface area (Å²) in [5.74, 6) is -2.33. The second-order valence-corrected chi connectivity index (χ2v) is 10.6. The Bertz CT molecular complexity index is 1720. The molecule has 1 aromatic heterocycles. The van der Waals surface area contributed by atoms with E-state index < -0.39 is 51.6 Å². The lowest BCUT2D eigenvalue weighted by Crippen LogP contribution is -2.44. The molecular formula is C26H19ClF3NO7S. The number of carboxylic acids is 1. The summed E-state index contributed by atoms with van der Waals surface area (Å²) in [7, 11) is -4.32. The van der Waals surface area contributed by atoms with Crippen LogP contribution in [0.25, 0.3) is 22.3 Å². The molecule has 0 aliphatic carbocycles. The Hall–Kier alpha value is -3.87. The molecular weight excluding hydrogens is 563 g/mol. The maximum Gasteiger partial charge on any atom is 0.416 e. The lowest BCUT2D eigenvalue weighted by Gasteiger charge is -2.18. The molecule has 4 aromatic rings. The maximum atomic E-state index is 13.5. The normalized spacial score (nSPS) is 12.8. The minimum Gasteiger partial charge on any atom is -0.491 e. The molecule has 2 N–H and O–H groups in total. The molecule has 0 aliphatic rings. The van der Waals surface area contributed by atoms with Crippen LogP contribution in [0.5, 0.6) is 5.75 Å². The first-order valence-electron chi connectivity index (χ1n) is 11.1. The molecule has 4 rings (SSSR count). The average Bonchev–Trinajstić information content (AvgIpc) is 2.86. The Labute approximate surface area is 224 Å². The zero-order valence-corrected chi connectivity index (χ0v) is 21.5. The summed E-state index contributed by atoms with van der Waals surface area (Å²) < 4.78 is 78.9. The van der Waals surface area contributed by atoms with Crippen molar-refractivity contribution in [1.82, 2.24) is 4.72 Å². The first-order chi connectivity index (χ1) is 18.3. The van der Waals surface area contributed by atoms with Gasteiger partial charge in [0, 0.05) is 6.07 Å². The molecule has 1 atom stereocenters. The number of carboxylic acid groups (broad SMARTS) is 1. The molecule has 13 heteroatoms. The van der Waals surface area contributed by atoms with E-state index in [9.17, 15) is 36.3 Å². The molecule has 1 heterocycles. The number of nitrogens with one attached hydrogen (secondary N) is 1. The van der Waals surface area contributed by atoms with Crippen LogP contribution >= 0.6 is 11.6 Å². The van der Waals surface area contributed by atoms with Gasteiger partial charge in [0.15, 0.2) is 17.1 Å². The van der Waals surface area contributed by atoms with Crippen LogP contribution in [-0.4, -0.2) is 32.1 Å². The lowest BCUT2D eigenvalue weighted by atomic mass is 10.1. The van der Waals surface area contributed by atoms with Gasteiger partial charge < -0.3 is 14.3 Å². The van der Waals surface area contributed by atoms with Gasteiger partial charge in [-0.3, -0.25) is 9.59 Å². The SMILES string of the molecule is Cc1ccc(S(=O)(=O)N[C@@H](COc2cc(C(F)(F)F)ccc2-c2cc(=O)c3cccc(Cl)c3o2)C(=O)O)cc1. The minimum absolute atomic E-state index is 0.0122. The number of para-hydroxylation sites is 1. The Balaban J connectivity index is 1.72. The van der Waals surface area contributed by atoms with Gasteiger partial charge in [-0.25, -0.2) is 8.42 Å². The van der Waals surface area contributed by atoms with Crippen molar-refractivity contribution in [2.75, 3.05) is 6.61 Å². The van der Waals surface area contributed by atoms with E-state index in [-0.39, 0.29) is 32.2 Å². The summed E-state index contributed by atoms with van der Waals surface area (Å²) in [6, 6.07) is 11.5. The third kappa shape index (κ3) is 6.24. The van der Waals surface area contributed by atoms with Crippen LogP contribution in [0, 0.1) is 6.92 Å². The number of hydrogen-bond acceptors (Lipinski definition) is 6. The van der Waals surface area contributed by atoms with E-state index in [4.69, 9.17) is 20.8 Å². The number of aliphatic carboxylic acids is 1. The predicted octanol–water partition coefficient (Wildman–Crippen LogP) is 5.25. The highest BCUT2D eigenvalue weighted by Gasteiger charge is 2.32. The quantitative estimate of drug-likeness (QED) is 0.291. The topological polar surface area (TPSA) is 123 Å². The van der Waals surface area contributed by atoms with Crippen LogP contribution in [0.1, 0.15) is 11.1 Å². The third-order valence-electron chi connectivity index (χ3n) is 5.61. The molecule has 8 nitrogen and oxygen atoms in total. The molecule has 0 fully saturated rings. The van der Waals surface area contributed by atoms with Crippen molar-refractivity contribution in [1.29, 1.82) is 0 Å². The first kappa shape index (κ1) is 28.1. The van der Waals surface area contributed by atoms with Crippen LogP contribution in [0.4, 0.5) is 13.2 Å². The average molecular weight is 582 g/mol. The number of hydrogen-bond donors (Lipinski definition) is 2. The van der Waals surface area contributed by atoms with Crippen molar-refractivity contribution in [3.63, 3.8) is 0 Å². The number of aryl methyl sites for hydroxylation is 1. The third-order valence-corrected chi connectivity index (χ3v) is 7.40. The molecule has 0 radical (unpaired) electrons. The number of carbonyl (C=O) groups is 1. The van der Waals surface area contributed by atoms with Crippen LogP contribution in [0.15, 0.2) is 80.8 Å². The van der Waals surface area contributed by atoms with Gasteiger partial charge in [-0.15, -0.1) is 0 Å². The fourth-order valence-corrected chi connectivity index (χ4v) is 4.99. The molecule has 0 amide bonds. The number of halogens is 4. The largest absolute Gasteiger partial charge is 0.491 e.